The first-order valence-electron chi connectivity index (χ1n) is 6.49. The van der Waals surface area contributed by atoms with Crippen LogP contribution in [-0.2, 0) is 0 Å². The summed E-state index contributed by atoms with van der Waals surface area (Å²) in [5, 5.41) is 6.59. The molecular weight excluding hydrogens is 244 g/mol. The average molecular weight is 264 g/mol. The third-order valence-corrected chi connectivity index (χ3v) is 3.79. The third kappa shape index (κ3) is 3.17. The van der Waals surface area contributed by atoms with Gasteiger partial charge in [0, 0.05) is 13.1 Å². The normalized spacial score (nSPS) is 11.3. The van der Waals surface area contributed by atoms with Crippen LogP contribution in [0.3, 0.4) is 0 Å². The molecule has 4 nitrogen and oxygen atoms in total. The molecule has 2 rings (SSSR count). The summed E-state index contributed by atoms with van der Waals surface area (Å²) in [6.07, 6.45) is 2.83. The standard InChI is InChI=1S/C13H20N4S/c1-3-7-17(4-2)8-6-14-12-11-5-9-18-13(11)16-10-15-12/h5,9-10H,3-4,6-8H2,1-2H3,(H,14,15,16). The van der Waals surface area contributed by atoms with E-state index in [-0.39, 0.29) is 0 Å². The van der Waals surface area contributed by atoms with Crippen LogP contribution < -0.4 is 5.32 Å². The van der Waals surface area contributed by atoms with Gasteiger partial charge in [0.05, 0.1) is 5.39 Å². The van der Waals surface area contributed by atoms with Crippen molar-refractivity contribution in [3.63, 3.8) is 0 Å². The fraction of sp³-hybridized carbons (Fsp3) is 0.538. The van der Waals surface area contributed by atoms with Crippen LogP contribution in [0.1, 0.15) is 20.3 Å². The predicted octanol–water partition coefficient (Wildman–Crippen LogP) is 2.84. The van der Waals surface area contributed by atoms with Crippen molar-refractivity contribution in [3.05, 3.63) is 17.8 Å². The largest absolute Gasteiger partial charge is 0.368 e. The maximum Gasteiger partial charge on any atom is 0.138 e. The molecule has 0 atom stereocenters. The molecule has 0 aromatic carbocycles. The van der Waals surface area contributed by atoms with Gasteiger partial charge in [-0.05, 0) is 31.0 Å². The molecule has 18 heavy (non-hydrogen) atoms. The number of nitrogens with one attached hydrogen (secondary N) is 1. The summed E-state index contributed by atoms with van der Waals surface area (Å²) in [4.78, 5) is 12.1. The van der Waals surface area contributed by atoms with E-state index in [2.05, 4.69) is 45.5 Å². The third-order valence-electron chi connectivity index (χ3n) is 2.97. The molecule has 0 radical (unpaired) electrons. The fourth-order valence-corrected chi connectivity index (χ4v) is 2.74. The Morgan fingerprint density at radius 1 is 1.28 bits per heavy atom. The van der Waals surface area contributed by atoms with Crippen molar-refractivity contribution in [1.82, 2.24) is 14.9 Å². The van der Waals surface area contributed by atoms with Crippen LogP contribution in [0.4, 0.5) is 5.82 Å². The van der Waals surface area contributed by atoms with Crippen LogP contribution in [0.15, 0.2) is 17.8 Å². The van der Waals surface area contributed by atoms with Crippen molar-refractivity contribution in [2.24, 2.45) is 0 Å². The summed E-state index contributed by atoms with van der Waals surface area (Å²) >= 11 is 1.65. The van der Waals surface area contributed by atoms with Gasteiger partial charge in [-0.25, -0.2) is 9.97 Å². The van der Waals surface area contributed by atoms with Crippen LogP contribution in [0.2, 0.25) is 0 Å². The first-order chi connectivity index (χ1) is 8.85. The van der Waals surface area contributed by atoms with E-state index in [9.17, 15) is 0 Å². The van der Waals surface area contributed by atoms with Gasteiger partial charge in [0.2, 0.25) is 0 Å². The van der Waals surface area contributed by atoms with Crippen LogP contribution in [0, 0.1) is 0 Å². The van der Waals surface area contributed by atoms with Crippen molar-refractivity contribution >= 4 is 27.4 Å². The summed E-state index contributed by atoms with van der Waals surface area (Å²) < 4.78 is 0. The molecular formula is C13H20N4S. The zero-order valence-corrected chi connectivity index (χ0v) is 11.8. The number of hydrogen-bond donors (Lipinski definition) is 1. The number of thiophene rings is 1. The van der Waals surface area contributed by atoms with Crippen molar-refractivity contribution in [2.75, 3.05) is 31.5 Å². The molecule has 1 N–H and O–H groups in total. The zero-order valence-electron chi connectivity index (χ0n) is 11.0. The molecule has 0 spiro atoms. The van der Waals surface area contributed by atoms with E-state index in [4.69, 9.17) is 0 Å². The number of fused-ring (bicyclic) bond motifs is 1. The molecule has 0 saturated heterocycles. The Kier molecular flexibility index (Phi) is 4.90. The first-order valence-corrected chi connectivity index (χ1v) is 7.37. The lowest BCUT2D eigenvalue weighted by Gasteiger charge is -2.19. The Morgan fingerprint density at radius 2 is 2.17 bits per heavy atom. The summed E-state index contributed by atoms with van der Waals surface area (Å²) in [6, 6.07) is 2.08. The van der Waals surface area contributed by atoms with E-state index >= 15 is 0 Å². The second-order valence-corrected chi connectivity index (χ2v) is 5.12. The molecule has 0 amide bonds. The minimum absolute atomic E-state index is 0.926. The van der Waals surface area contributed by atoms with E-state index in [0.29, 0.717) is 0 Å². The Morgan fingerprint density at radius 3 is 2.94 bits per heavy atom. The SMILES string of the molecule is CCCN(CC)CCNc1ncnc2sccc12. The Bertz CT molecular complexity index is 483. The second kappa shape index (κ2) is 6.66. The molecule has 0 aliphatic rings. The van der Waals surface area contributed by atoms with Gasteiger partial charge in [-0.1, -0.05) is 13.8 Å². The molecule has 0 aliphatic heterocycles. The van der Waals surface area contributed by atoms with E-state index in [1.165, 1.54) is 6.42 Å². The van der Waals surface area contributed by atoms with Crippen LogP contribution in [0.5, 0.6) is 0 Å². The van der Waals surface area contributed by atoms with Gasteiger partial charge < -0.3 is 10.2 Å². The Labute approximate surface area is 112 Å². The highest BCUT2D eigenvalue weighted by Crippen LogP contribution is 2.23. The van der Waals surface area contributed by atoms with Crippen LogP contribution in [0.25, 0.3) is 10.2 Å². The predicted molar refractivity (Wildman–Crippen MR) is 78.3 cm³/mol. The number of anilines is 1. The molecule has 0 aliphatic carbocycles. The summed E-state index contributed by atoms with van der Waals surface area (Å²) in [6.45, 7) is 8.67. The van der Waals surface area contributed by atoms with Crippen molar-refractivity contribution in [2.45, 2.75) is 20.3 Å². The number of likely N-dealkylation sites (N-methyl/N-ethyl adjacent to an activating group) is 1. The maximum absolute atomic E-state index is 4.31. The first kappa shape index (κ1) is 13.2. The minimum Gasteiger partial charge on any atom is -0.368 e. The van der Waals surface area contributed by atoms with Gasteiger partial charge in [0.25, 0.3) is 0 Å². The highest BCUT2D eigenvalue weighted by Gasteiger charge is 2.05. The molecule has 2 aromatic rings. The maximum atomic E-state index is 4.31. The van der Waals surface area contributed by atoms with Crippen LogP contribution >= 0.6 is 11.3 Å². The molecule has 2 aromatic heterocycles. The van der Waals surface area contributed by atoms with E-state index in [0.717, 1.165) is 42.2 Å². The van der Waals surface area contributed by atoms with Gasteiger partial charge in [-0.2, -0.15) is 0 Å². The van der Waals surface area contributed by atoms with Crippen molar-refractivity contribution in [1.29, 1.82) is 0 Å². The summed E-state index contributed by atoms with van der Waals surface area (Å²) in [5.74, 6) is 0.953. The molecule has 0 unspecified atom stereocenters. The van der Waals surface area contributed by atoms with Gasteiger partial charge >= 0.3 is 0 Å². The van der Waals surface area contributed by atoms with E-state index in [1.54, 1.807) is 17.7 Å². The second-order valence-electron chi connectivity index (χ2n) is 4.22. The minimum atomic E-state index is 0.926. The number of hydrogen-bond acceptors (Lipinski definition) is 5. The van der Waals surface area contributed by atoms with Gasteiger partial charge in [-0.3, -0.25) is 0 Å². The number of nitrogens with zero attached hydrogens (tertiary/aromatic N) is 3. The highest BCUT2D eigenvalue weighted by atomic mass is 32.1. The number of rotatable bonds is 7. The zero-order chi connectivity index (χ0) is 12.8. The van der Waals surface area contributed by atoms with Crippen molar-refractivity contribution in [3.8, 4) is 0 Å². The summed E-state index contributed by atoms with van der Waals surface area (Å²) in [7, 11) is 0. The molecule has 0 bridgehead atoms. The fourth-order valence-electron chi connectivity index (χ4n) is 2.01. The topological polar surface area (TPSA) is 41.0 Å². The summed E-state index contributed by atoms with van der Waals surface area (Å²) in [5.41, 5.74) is 0. The van der Waals surface area contributed by atoms with E-state index in [1.807, 2.05) is 0 Å². The lowest BCUT2D eigenvalue weighted by Crippen LogP contribution is -2.29. The Hall–Kier alpha value is -1.20. The molecule has 0 fully saturated rings. The lowest BCUT2D eigenvalue weighted by molar-refractivity contribution is 0.300. The smallest absolute Gasteiger partial charge is 0.138 e. The van der Waals surface area contributed by atoms with E-state index < -0.39 is 0 Å². The van der Waals surface area contributed by atoms with Gasteiger partial charge in [-0.15, -0.1) is 11.3 Å². The van der Waals surface area contributed by atoms with Crippen molar-refractivity contribution < 1.29 is 0 Å². The molecule has 2 heterocycles. The number of aromatic nitrogens is 2. The molecule has 98 valence electrons. The highest BCUT2D eigenvalue weighted by molar-refractivity contribution is 7.16. The lowest BCUT2D eigenvalue weighted by atomic mass is 10.3. The van der Waals surface area contributed by atoms with Crippen LogP contribution in [-0.4, -0.2) is 41.0 Å². The quantitative estimate of drug-likeness (QED) is 0.835. The van der Waals surface area contributed by atoms with Gasteiger partial charge in [0.15, 0.2) is 0 Å². The monoisotopic (exact) mass is 264 g/mol. The molecule has 0 saturated carbocycles. The average Bonchev–Trinajstić information content (AvgIpc) is 2.86. The molecule has 5 heteroatoms. The Balaban J connectivity index is 1.92. The van der Waals surface area contributed by atoms with Gasteiger partial charge in [0.1, 0.15) is 17.0 Å².